The molecule has 1 aliphatic rings. The van der Waals surface area contributed by atoms with Gasteiger partial charge in [-0.05, 0) is 53.5 Å². The summed E-state index contributed by atoms with van der Waals surface area (Å²) in [6.45, 7) is 1.40. The van der Waals surface area contributed by atoms with Crippen molar-refractivity contribution in [3.63, 3.8) is 0 Å². The molecule has 0 spiro atoms. The molecule has 106 valence electrons. The van der Waals surface area contributed by atoms with Crippen molar-refractivity contribution in [2.45, 2.75) is 18.1 Å². The number of halogens is 1. The number of hydrogen-bond acceptors (Lipinski definition) is 4. The molecule has 2 N–H and O–H groups in total. The van der Waals surface area contributed by atoms with Gasteiger partial charge in [-0.1, -0.05) is 0 Å². The third-order valence-electron chi connectivity index (χ3n) is 3.10. The minimum absolute atomic E-state index is 0.373. The van der Waals surface area contributed by atoms with Crippen molar-refractivity contribution in [1.82, 2.24) is 5.32 Å². The second-order valence-electron chi connectivity index (χ2n) is 4.46. The van der Waals surface area contributed by atoms with Crippen LogP contribution in [0, 0.1) is 0 Å². The van der Waals surface area contributed by atoms with Crippen molar-refractivity contribution in [2.24, 2.45) is 0 Å². The van der Waals surface area contributed by atoms with Crippen LogP contribution < -0.4 is 14.8 Å². The molecule has 0 aliphatic carbocycles. The van der Waals surface area contributed by atoms with Crippen molar-refractivity contribution in [2.75, 3.05) is 24.9 Å². The van der Waals surface area contributed by atoms with Gasteiger partial charge in [-0.15, -0.1) is 0 Å². The molecular formula is C12H17BrN2O3S. The topological polar surface area (TPSA) is 67.4 Å². The highest BCUT2D eigenvalue weighted by Crippen LogP contribution is 2.28. The minimum Gasteiger partial charge on any atom is -0.496 e. The van der Waals surface area contributed by atoms with E-state index in [9.17, 15) is 8.42 Å². The summed E-state index contributed by atoms with van der Waals surface area (Å²) in [5, 5.41) is 2.73. The molecule has 1 aromatic rings. The predicted octanol–water partition coefficient (Wildman–Crippen LogP) is 1.95. The monoisotopic (exact) mass is 348 g/mol. The lowest BCUT2D eigenvalue weighted by atomic mass is 10.2. The van der Waals surface area contributed by atoms with Gasteiger partial charge in [0, 0.05) is 12.2 Å². The van der Waals surface area contributed by atoms with Crippen molar-refractivity contribution < 1.29 is 13.2 Å². The molecule has 0 aromatic heterocycles. The maximum Gasteiger partial charge on any atom is 0.236 e. The second kappa shape index (κ2) is 6.11. The van der Waals surface area contributed by atoms with Crippen molar-refractivity contribution in [1.29, 1.82) is 0 Å². The van der Waals surface area contributed by atoms with Gasteiger partial charge in [0.05, 0.1) is 16.8 Å². The van der Waals surface area contributed by atoms with Gasteiger partial charge >= 0.3 is 0 Å². The van der Waals surface area contributed by atoms with Crippen molar-refractivity contribution >= 4 is 31.6 Å². The van der Waals surface area contributed by atoms with Crippen LogP contribution in [0.3, 0.4) is 0 Å². The van der Waals surface area contributed by atoms with Gasteiger partial charge in [-0.25, -0.2) is 8.42 Å². The Labute approximate surface area is 121 Å². The van der Waals surface area contributed by atoms with Gasteiger partial charge in [0.2, 0.25) is 10.0 Å². The first-order chi connectivity index (χ1) is 9.03. The van der Waals surface area contributed by atoms with E-state index in [0.717, 1.165) is 17.4 Å². The lowest BCUT2D eigenvalue weighted by Crippen LogP contribution is -2.41. The van der Waals surface area contributed by atoms with E-state index >= 15 is 0 Å². The Kier molecular flexibility index (Phi) is 4.70. The van der Waals surface area contributed by atoms with Crippen LogP contribution >= 0.6 is 15.9 Å². The molecule has 0 radical (unpaired) electrons. The van der Waals surface area contributed by atoms with Crippen LogP contribution in [0.2, 0.25) is 0 Å². The molecule has 1 fully saturated rings. The number of methoxy groups -OCH3 is 1. The smallest absolute Gasteiger partial charge is 0.236 e. The van der Waals surface area contributed by atoms with E-state index in [1.165, 1.54) is 0 Å². The number of ether oxygens (including phenoxy) is 1. The molecular weight excluding hydrogens is 332 g/mol. The summed E-state index contributed by atoms with van der Waals surface area (Å²) in [6.07, 6.45) is 1.58. The summed E-state index contributed by atoms with van der Waals surface area (Å²) in [5.74, 6) is 0.669. The van der Waals surface area contributed by atoms with Gasteiger partial charge in [0.1, 0.15) is 5.75 Å². The average molecular weight is 349 g/mol. The zero-order chi connectivity index (χ0) is 13.9. The van der Waals surface area contributed by atoms with Gasteiger partial charge in [-0.2, -0.15) is 0 Å². The first kappa shape index (κ1) is 14.6. The number of piperidine rings is 1. The van der Waals surface area contributed by atoms with Crippen molar-refractivity contribution in [3.8, 4) is 5.75 Å². The Balaban J connectivity index is 2.13. The first-order valence-electron chi connectivity index (χ1n) is 6.09. The molecule has 1 aromatic carbocycles. The molecule has 0 bridgehead atoms. The normalized spacial score (nSPS) is 20.0. The highest BCUT2D eigenvalue weighted by molar-refractivity contribution is 9.10. The maximum absolute atomic E-state index is 12.2. The summed E-state index contributed by atoms with van der Waals surface area (Å²) in [6, 6.07) is 5.12. The lowest BCUT2D eigenvalue weighted by molar-refractivity contribution is 0.412. The zero-order valence-corrected chi connectivity index (χ0v) is 13.1. The summed E-state index contributed by atoms with van der Waals surface area (Å²) < 4.78 is 32.9. The number of hydrogen-bond donors (Lipinski definition) is 2. The third-order valence-corrected chi connectivity index (χ3v) is 5.52. The van der Waals surface area contributed by atoms with Gasteiger partial charge in [0.25, 0.3) is 0 Å². The highest BCUT2D eigenvalue weighted by Gasteiger charge is 2.27. The Morgan fingerprint density at radius 2 is 2.26 bits per heavy atom. The van der Waals surface area contributed by atoms with Crippen LogP contribution in [-0.4, -0.2) is 33.9 Å². The van der Waals surface area contributed by atoms with Gasteiger partial charge in [-0.3, -0.25) is 4.72 Å². The number of anilines is 1. The maximum atomic E-state index is 12.2. The molecule has 1 aliphatic heterocycles. The average Bonchev–Trinajstić information content (AvgIpc) is 2.39. The predicted molar refractivity (Wildman–Crippen MR) is 79.1 cm³/mol. The molecule has 1 atom stereocenters. The molecule has 19 heavy (non-hydrogen) atoms. The second-order valence-corrected chi connectivity index (χ2v) is 7.28. The van der Waals surface area contributed by atoms with Crippen LogP contribution in [0.5, 0.6) is 5.75 Å². The third kappa shape index (κ3) is 3.61. The van der Waals surface area contributed by atoms with E-state index in [-0.39, 0.29) is 5.25 Å². The van der Waals surface area contributed by atoms with E-state index in [1.807, 2.05) is 0 Å². The molecule has 5 nitrogen and oxygen atoms in total. The van der Waals surface area contributed by atoms with Crippen LogP contribution in [0.4, 0.5) is 5.69 Å². The molecule has 2 rings (SSSR count). The number of nitrogens with one attached hydrogen (secondary N) is 2. The van der Waals surface area contributed by atoms with E-state index in [4.69, 9.17) is 4.74 Å². The Morgan fingerprint density at radius 1 is 1.47 bits per heavy atom. The molecule has 1 heterocycles. The van der Waals surface area contributed by atoms with Gasteiger partial charge in [0.15, 0.2) is 0 Å². The van der Waals surface area contributed by atoms with Crippen molar-refractivity contribution in [3.05, 3.63) is 22.7 Å². The van der Waals surface area contributed by atoms with Crippen LogP contribution in [0.1, 0.15) is 12.8 Å². The fraction of sp³-hybridized carbons (Fsp3) is 0.500. The molecule has 1 unspecified atom stereocenters. The van der Waals surface area contributed by atoms with Crippen LogP contribution in [-0.2, 0) is 10.0 Å². The number of benzene rings is 1. The quantitative estimate of drug-likeness (QED) is 0.872. The Bertz CT molecular complexity index is 542. The minimum atomic E-state index is -3.35. The first-order valence-corrected chi connectivity index (χ1v) is 8.43. The summed E-state index contributed by atoms with van der Waals surface area (Å²) in [5.41, 5.74) is 0.540. The van der Waals surface area contributed by atoms with E-state index in [2.05, 4.69) is 26.0 Å². The highest BCUT2D eigenvalue weighted by atomic mass is 79.9. The van der Waals surface area contributed by atoms with E-state index < -0.39 is 10.0 Å². The molecule has 0 amide bonds. The largest absolute Gasteiger partial charge is 0.496 e. The van der Waals surface area contributed by atoms with E-state index in [0.29, 0.717) is 24.4 Å². The van der Waals surface area contributed by atoms with E-state index in [1.54, 1.807) is 25.3 Å². The lowest BCUT2D eigenvalue weighted by Gasteiger charge is -2.23. The SMILES string of the molecule is COc1ccc(NS(=O)(=O)C2CCCNC2)cc1Br. The molecule has 1 saturated heterocycles. The number of sulfonamides is 1. The Morgan fingerprint density at radius 3 is 2.84 bits per heavy atom. The number of rotatable bonds is 4. The zero-order valence-electron chi connectivity index (χ0n) is 10.6. The fourth-order valence-corrected chi connectivity index (χ4v) is 4.04. The fourth-order valence-electron chi connectivity index (χ4n) is 2.06. The molecule has 7 heteroatoms. The van der Waals surface area contributed by atoms with Gasteiger partial charge < -0.3 is 10.1 Å². The standard InChI is InChI=1S/C12H17BrN2O3S/c1-18-12-5-4-9(7-11(12)13)15-19(16,17)10-3-2-6-14-8-10/h4-5,7,10,14-15H,2-3,6,8H2,1H3. The summed E-state index contributed by atoms with van der Waals surface area (Å²) >= 11 is 3.34. The molecule has 0 saturated carbocycles. The summed E-state index contributed by atoms with van der Waals surface area (Å²) in [4.78, 5) is 0. The van der Waals surface area contributed by atoms with Crippen LogP contribution in [0.25, 0.3) is 0 Å². The Hall–Kier alpha value is -0.790. The summed E-state index contributed by atoms with van der Waals surface area (Å²) in [7, 11) is -1.78. The van der Waals surface area contributed by atoms with Crippen LogP contribution in [0.15, 0.2) is 22.7 Å².